The summed E-state index contributed by atoms with van der Waals surface area (Å²) in [7, 11) is 0.113. The molecule has 360 valence electrons. The Kier molecular flexibility index (Phi) is 27.0. The Morgan fingerprint density at radius 3 is 1.20 bits per heavy atom. The van der Waals surface area contributed by atoms with Crippen LogP contribution in [0.3, 0.4) is 0 Å². The molecule has 0 aromatic rings. The van der Waals surface area contributed by atoms with Crippen molar-refractivity contribution in [1.82, 2.24) is 21.3 Å². The average Bonchev–Trinajstić information content (AvgIpc) is 3.12. The molecule has 0 saturated carbocycles. The molecule has 0 aliphatic heterocycles. The van der Waals surface area contributed by atoms with Crippen molar-refractivity contribution in [3.8, 4) is 0 Å². The number of rotatable bonds is 31. The van der Waals surface area contributed by atoms with E-state index in [-0.39, 0.29) is 35.1 Å². The summed E-state index contributed by atoms with van der Waals surface area (Å²) in [4.78, 5) is 50.7. The fourth-order valence-electron chi connectivity index (χ4n) is 7.19. The Morgan fingerprint density at radius 1 is 0.574 bits per heavy atom. The Labute approximate surface area is 375 Å². The van der Waals surface area contributed by atoms with Crippen molar-refractivity contribution in [2.75, 3.05) is 97.8 Å². The molecule has 0 aromatic heterocycles. The third-order valence-corrected chi connectivity index (χ3v) is 13.3. The monoisotopic (exact) mass is 931 g/mol. The zero-order valence-electron chi connectivity index (χ0n) is 39.7. The maximum Gasteiger partial charge on any atom is 0.265 e. The number of nitrogens with zero attached hydrogens (tertiary/aromatic N) is 2. The molecule has 0 radical (unpaired) electrons. The molecule has 0 saturated heterocycles. The molecule has 0 aliphatic carbocycles. The second kappa shape index (κ2) is 27.1. The van der Waals surface area contributed by atoms with E-state index in [1.54, 1.807) is 6.08 Å². The van der Waals surface area contributed by atoms with Gasteiger partial charge in [0, 0.05) is 73.5 Å². The molecule has 0 aromatic carbocycles. The SMILES string of the molecule is C=CCNC(=O)C(C)(CC)CC(C)(C)C(=O)NCCC[N+](C)(C)CCCS(=O)(=O)O.CCC(C)(CC(C)(C)C(=O)NCCC[N+](C)(C)CCCS(=O)(=O)O)C(=O)NCCCS. The van der Waals surface area contributed by atoms with E-state index in [1.165, 1.54) is 0 Å². The van der Waals surface area contributed by atoms with Gasteiger partial charge in [0.05, 0.1) is 65.9 Å². The van der Waals surface area contributed by atoms with Gasteiger partial charge in [-0.1, -0.05) is 61.5 Å². The first kappa shape index (κ1) is 60.8. The van der Waals surface area contributed by atoms with Gasteiger partial charge in [0.1, 0.15) is 0 Å². The van der Waals surface area contributed by atoms with Crippen LogP contribution in [0.2, 0.25) is 0 Å². The summed E-state index contributed by atoms with van der Waals surface area (Å²) in [6.45, 7) is 23.5. The molecule has 19 heteroatoms. The van der Waals surface area contributed by atoms with Crippen LogP contribution in [0.1, 0.15) is 113 Å². The minimum atomic E-state index is -3.93. The molecule has 0 bridgehead atoms. The van der Waals surface area contributed by atoms with Gasteiger partial charge in [-0.15, -0.1) is 6.58 Å². The number of amides is 4. The summed E-state index contributed by atoms with van der Waals surface area (Å²) in [6.07, 6.45) is 6.85. The third kappa shape index (κ3) is 27.5. The lowest BCUT2D eigenvalue weighted by Gasteiger charge is -2.35. The predicted octanol–water partition coefficient (Wildman–Crippen LogP) is 4.10. The Bertz CT molecular complexity index is 1600. The van der Waals surface area contributed by atoms with Crippen LogP contribution in [0.5, 0.6) is 0 Å². The van der Waals surface area contributed by atoms with E-state index in [9.17, 15) is 36.0 Å². The molecule has 2 atom stereocenters. The van der Waals surface area contributed by atoms with Gasteiger partial charge in [-0.25, -0.2) is 0 Å². The van der Waals surface area contributed by atoms with Crippen molar-refractivity contribution in [3.63, 3.8) is 0 Å². The van der Waals surface area contributed by atoms with Gasteiger partial charge in [0.25, 0.3) is 20.2 Å². The van der Waals surface area contributed by atoms with Crippen LogP contribution >= 0.6 is 12.6 Å². The maximum atomic E-state index is 12.8. The quantitative estimate of drug-likeness (QED) is 0.0173. The fraction of sp³-hybridized carbons (Fsp3) is 0.857. The second-order valence-electron chi connectivity index (χ2n) is 19.5. The molecule has 61 heavy (non-hydrogen) atoms. The first-order valence-electron chi connectivity index (χ1n) is 21.6. The average molecular weight is 931 g/mol. The lowest BCUT2D eigenvalue weighted by atomic mass is 9.71. The smallest absolute Gasteiger partial charge is 0.265 e. The van der Waals surface area contributed by atoms with Crippen LogP contribution in [-0.4, -0.2) is 156 Å². The van der Waals surface area contributed by atoms with Crippen molar-refractivity contribution in [2.24, 2.45) is 21.7 Å². The zero-order valence-corrected chi connectivity index (χ0v) is 42.3. The second-order valence-corrected chi connectivity index (χ2v) is 23.1. The Hall–Kier alpha value is -2.29. The number of hydrogen-bond acceptors (Lipinski definition) is 9. The number of hydrogen-bond donors (Lipinski definition) is 7. The molecule has 16 nitrogen and oxygen atoms in total. The van der Waals surface area contributed by atoms with E-state index in [0.29, 0.717) is 92.5 Å². The van der Waals surface area contributed by atoms with Gasteiger partial charge < -0.3 is 30.2 Å². The Morgan fingerprint density at radius 2 is 0.885 bits per heavy atom. The molecular formula is C42H86N6O10S3+2. The summed E-state index contributed by atoms with van der Waals surface area (Å²) >= 11 is 4.16. The largest absolute Gasteiger partial charge is 0.356 e. The molecule has 4 amide bonds. The fourth-order valence-corrected chi connectivity index (χ4v) is 8.33. The lowest BCUT2D eigenvalue weighted by Crippen LogP contribution is -2.47. The van der Waals surface area contributed by atoms with E-state index in [2.05, 4.69) is 40.5 Å². The molecule has 0 spiro atoms. The molecule has 2 unspecified atom stereocenters. The van der Waals surface area contributed by atoms with Crippen LogP contribution in [0, 0.1) is 21.7 Å². The summed E-state index contributed by atoms with van der Waals surface area (Å²) in [5, 5.41) is 11.8. The standard InChI is InChI=1S/C21H43N3O5S2.C21H41N3O5S/c1-7-21(4,19(26)23-12-9-15-30)17-20(2,3)18(25)22-11-8-13-24(5,6)14-10-16-31(27,28)29;1-8-12-22-19(26)21(5,9-2)17-20(3,4)18(25)23-13-10-14-24(6,7)15-11-16-30(27,28)29/h7-17H2,1-6H3,(H3-,22,23,25,26,27,28,29,30);8H,1,9-17H2,2-7H3,(H2-,22,23,25,26,27,28,29)/p+2. The van der Waals surface area contributed by atoms with Crippen molar-refractivity contribution in [2.45, 2.75) is 113 Å². The van der Waals surface area contributed by atoms with Gasteiger partial charge in [0.2, 0.25) is 23.6 Å². The van der Waals surface area contributed by atoms with Crippen LogP contribution in [0.25, 0.3) is 0 Å². The normalized spacial score (nSPS) is 14.7. The lowest BCUT2D eigenvalue weighted by molar-refractivity contribution is -0.890. The third-order valence-electron chi connectivity index (χ3n) is 11.4. The van der Waals surface area contributed by atoms with Gasteiger partial charge >= 0.3 is 0 Å². The van der Waals surface area contributed by atoms with Gasteiger partial charge in [-0.3, -0.25) is 28.3 Å². The highest BCUT2D eigenvalue weighted by atomic mass is 32.2. The number of carbonyl (C=O) groups is 4. The topological polar surface area (TPSA) is 225 Å². The number of nitrogens with one attached hydrogen (secondary N) is 4. The van der Waals surface area contributed by atoms with Gasteiger partial charge in [-0.05, 0) is 37.9 Å². The van der Waals surface area contributed by atoms with Crippen LogP contribution < -0.4 is 21.3 Å². The molecule has 0 fully saturated rings. The van der Waals surface area contributed by atoms with Crippen molar-refractivity contribution in [1.29, 1.82) is 0 Å². The maximum absolute atomic E-state index is 12.8. The highest BCUT2D eigenvalue weighted by Crippen LogP contribution is 2.38. The molecular weight excluding hydrogens is 845 g/mol. The summed E-state index contributed by atoms with van der Waals surface area (Å²) < 4.78 is 62.2. The minimum Gasteiger partial charge on any atom is -0.356 e. The first-order valence-corrected chi connectivity index (χ1v) is 25.4. The molecule has 0 rings (SSSR count). The van der Waals surface area contributed by atoms with E-state index in [0.717, 1.165) is 32.4 Å². The Balaban J connectivity index is 0. The van der Waals surface area contributed by atoms with Gasteiger partial charge in [0.15, 0.2) is 0 Å². The van der Waals surface area contributed by atoms with Crippen LogP contribution in [0.4, 0.5) is 0 Å². The van der Waals surface area contributed by atoms with E-state index in [1.807, 2.05) is 83.6 Å². The van der Waals surface area contributed by atoms with Gasteiger partial charge in [-0.2, -0.15) is 29.5 Å². The van der Waals surface area contributed by atoms with E-state index in [4.69, 9.17) is 9.11 Å². The predicted molar refractivity (Wildman–Crippen MR) is 249 cm³/mol. The molecule has 6 N–H and O–H groups in total. The highest BCUT2D eigenvalue weighted by molar-refractivity contribution is 7.86. The number of thiol groups is 1. The van der Waals surface area contributed by atoms with E-state index < -0.39 is 41.9 Å². The summed E-state index contributed by atoms with van der Waals surface area (Å²) in [5.74, 6) is -0.0277. The number of quaternary nitrogens is 2. The number of carbonyl (C=O) groups excluding carboxylic acids is 4. The first-order chi connectivity index (χ1) is 27.7. The molecule has 0 aliphatic rings. The van der Waals surface area contributed by atoms with E-state index >= 15 is 0 Å². The van der Waals surface area contributed by atoms with Crippen molar-refractivity contribution >= 4 is 56.5 Å². The highest BCUT2D eigenvalue weighted by Gasteiger charge is 2.42. The minimum absolute atomic E-state index is 0.0263. The summed E-state index contributed by atoms with van der Waals surface area (Å²) in [5.41, 5.74) is -2.65. The van der Waals surface area contributed by atoms with Crippen molar-refractivity contribution in [3.05, 3.63) is 12.7 Å². The van der Waals surface area contributed by atoms with Crippen molar-refractivity contribution < 1.29 is 54.1 Å². The van der Waals surface area contributed by atoms with Crippen LogP contribution in [0.15, 0.2) is 12.7 Å². The molecule has 0 heterocycles. The van der Waals surface area contributed by atoms with Crippen LogP contribution in [-0.2, 0) is 39.4 Å². The summed E-state index contributed by atoms with van der Waals surface area (Å²) in [6, 6.07) is 0. The zero-order chi connectivity index (χ0) is 48.0.